The van der Waals surface area contributed by atoms with Gasteiger partial charge in [-0.25, -0.2) is 0 Å². The number of nitro groups is 1. The van der Waals surface area contributed by atoms with Gasteiger partial charge < -0.3 is 10.2 Å². The lowest BCUT2D eigenvalue weighted by atomic mass is 10.1. The van der Waals surface area contributed by atoms with Crippen molar-refractivity contribution in [3.8, 4) is 0 Å². The number of rotatable bonds is 5. The van der Waals surface area contributed by atoms with Crippen molar-refractivity contribution in [3.05, 3.63) is 33.9 Å². The van der Waals surface area contributed by atoms with Crippen LogP contribution in [0.2, 0.25) is 0 Å². The fourth-order valence-electron chi connectivity index (χ4n) is 2.35. The van der Waals surface area contributed by atoms with Crippen LogP contribution in [0.25, 0.3) is 0 Å². The van der Waals surface area contributed by atoms with Crippen LogP contribution in [0.5, 0.6) is 0 Å². The van der Waals surface area contributed by atoms with Gasteiger partial charge >= 0.3 is 0 Å². The first-order valence-corrected chi connectivity index (χ1v) is 8.07. The number of hydrogen-bond donors (Lipinski definition) is 1. The number of carbonyl (C=O) groups excluding carboxylic acids is 1. The Hall–Kier alpha value is -1.76. The topological polar surface area (TPSA) is 75.5 Å². The van der Waals surface area contributed by atoms with Crippen LogP contribution in [-0.4, -0.2) is 46.9 Å². The Labute approximate surface area is 128 Å². The van der Waals surface area contributed by atoms with Crippen LogP contribution in [-0.2, 0) is 0 Å². The van der Waals surface area contributed by atoms with Gasteiger partial charge in [0.15, 0.2) is 0 Å². The van der Waals surface area contributed by atoms with E-state index in [1.165, 1.54) is 6.07 Å². The maximum atomic E-state index is 12.4. The lowest BCUT2D eigenvalue weighted by molar-refractivity contribution is -0.384. The molecule has 1 heterocycles. The summed E-state index contributed by atoms with van der Waals surface area (Å²) in [4.78, 5) is 24.8. The molecule has 21 heavy (non-hydrogen) atoms. The molecule has 1 amide bonds. The number of anilines is 1. The van der Waals surface area contributed by atoms with Gasteiger partial charge in [0.05, 0.1) is 4.92 Å². The second-order valence-electron chi connectivity index (χ2n) is 4.95. The van der Waals surface area contributed by atoms with Crippen molar-refractivity contribution in [3.63, 3.8) is 0 Å². The van der Waals surface area contributed by atoms with Gasteiger partial charge in [-0.15, -0.1) is 0 Å². The number of nitrogens with zero attached hydrogens (tertiary/aromatic N) is 2. The Balaban J connectivity index is 2.24. The highest BCUT2D eigenvalue weighted by Crippen LogP contribution is 2.27. The summed E-state index contributed by atoms with van der Waals surface area (Å²) >= 11 is 1.83. The minimum atomic E-state index is -0.458. The Morgan fingerprint density at radius 2 is 2.33 bits per heavy atom. The number of carbonyl (C=O) groups is 1. The van der Waals surface area contributed by atoms with Crippen molar-refractivity contribution >= 4 is 29.0 Å². The molecule has 0 radical (unpaired) electrons. The van der Waals surface area contributed by atoms with Crippen molar-refractivity contribution in [1.82, 2.24) is 4.90 Å². The highest BCUT2D eigenvalue weighted by molar-refractivity contribution is 7.99. The van der Waals surface area contributed by atoms with Gasteiger partial charge in [0.25, 0.3) is 11.6 Å². The molecule has 1 N–H and O–H groups in total. The molecule has 1 aromatic carbocycles. The van der Waals surface area contributed by atoms with E-state index in [4.69, 9.17) is 0 Å². The highest BCUT2D eigenvalue weighted by Gasteiger charge is 2.26. The van der Waals surface area contributed by atoms with Crippen molar-refractivity contribution in [1.29, 1.82) is 0 Å². The minimum Gasteiger partial charge on any atom is -0.380 e. The first-order chi connectivity index (χ1) is 10.0. The Bertz CT molecular complexity index is 544. The van der Waals surface area contributed by atoms with Crippen molar-refractivity contribution in [2.45, 2.75) is 19.4 Å². The van der Waals surface area contributed by atoms with E-state index in [1.807, 2.05) is 18.7 Å². The molecule has 2 rings (SSSR count). The van der Waals surface area contributed by atoms with Gasteiger partial charge in [0, 0.05) is 37.0 Å². The molecule has 0 saturated carbocycles. The number of benzene rings is 1. The van der Waals surface area contributed by atoms with Gasteiger partial charge in [-0.1, -0.05) is 0 Å². The fraction of sp³-hybridized carbons (Fsp3) is 0.500. The molecule has 1 unspecified atom stereocenters. The molecule has 1 saturated heterocycles. The Morgan fingerprint density at radius 3 is 2.90 bits per heavy atom. The van der Waals surface area contributed by atoms with E-state index in [9.17, 15) is 14.9 Å². The number of amides is 1. The predicted molar refractivity (Wildman–Crippen MR) is 85.1 cm³/mol. The molecule has 1 atom stereocenters. The number of nitrogens with one attached hydrogen (secondary N) is 1. The zero-order valence-electron chi connectivity index (χ0n) is 12.2. The summed E-state index contributed by atoms with van der Waals surface area (Å²) in [7, 11) is 1.77. The van der Waals surface area contributed by atoms with Gasteiger partial charge in [-0.3, -0.25) is 14.9 Å². The molecular formula is C14H19N3O3S. The third-order valence-electron chi connectivity index (χ3n) is 3.58. The summed E-state index contributed by atoms with van der Waals surface area (Å²) in [6.07, 6.45) is 0.977. The third kappa shape index (κ3) is 3.47. The summed E-state index contributed by atoms with van der Waals surface area (Å²) in [5.74, 6) is 1.83. The molecule has 1 aromatic rings. The smallest absolute Gasteiger partial charge is 0.293 e. The van der Waals surface area contributed by atoms with Gasteiger partial charge in [-0.2, -0.15) is 11.8 Å². The van der Waals surface area contributed by atoms with E-state index in [0.717, 1.165) is 17.9 Å². The number of thioether (sulfide) groups is 1. The van der Waals surface area contributed by atoms with Crippen molar-refractivity contribution in [2.24, 2.45) is 0 Å². The first-order valence-electron chi connectivity index (χ1n) is 6.91. The van der Waals surface area contributed by atoms with Crippen molar-refractivity contribution < 1.29 is 9.72 Å². The van der Waals surface area contributed by atoms with Crippen LogP contribution in [0.1, 0.15) is 23.7 Å². The van der Waals surface area contributed by atoms with E-state index in [2.05, 4.69) is 5.32 Å². The zero-order chi connectivity index (χ0) is 15.4. The second kappa shape index (κ2) is 6.80. The summed E-state index contributed by atoms with van der Waals surface area (Å²) in [6.45, 7) is 2.46. The molecule has 1 fully saturated rings. The summed E-state index contributed by atoms with van der Waals surface area (Å²) in [6, 6.07) is 4.83. The zero-order valence-corrected chi connectivity index (χ0v) is 13.0. The van der Waals surface area contributed by atoms with E-state index in [1.54, 1.807) is 24.1 Å². The largest absolute Gasteiger partial charge is 0.380 e. The van der Waals surface area contributed by atoms with E-state index in [0.29, 0.717) is 17.8 Å². The molecule has 0 aromatic heterocycles. The van der Waals surface area contributed by atoms with Crippen LogP contribution >= 0.6 is 11.8 Å². The molecule has 7 heteroatoms. The van der Waals surface area contributed by atoms with Gasteiger partial charge in [0.1, 0.15) is 5.69 Å². The van der Waals surface area contributed by atoms with Crippen LogP contribution in [0.3, 0.4) is 0 Å². The lowest BCUT2D eigenvalue weighted by Gasteiger charge is -2.23. The monoisotopic (exact) mass is 309 g/mol. The summed E-state index contributed by atoms with van der Waals surface area (Å²) in [5, 5.41) is 14.1. The SMILES string of the molecule is CCNc1ccc(C(=O)N(C)C2CCSC2)cc1[N+](=O)[O-]. The number of hydrogen-bond acceptors (Lipinski definition) is 5. The predicted octanol–water partition coefficient (Wildman–Crippen LogP) is 2.60. The fourth-order valence-corrected chi connectivity index (χ4v) is 3.62. The Morgan fingerprint density at radius 1 is 1.57 bits per heavy atom. The van der Waals surface area contributed by atoms with Gasteiger partial charge in [0.2, 0.25) is 0 Å². The molecule has 114 valence electrons. The first kappa shape index (κ1) is 15.6. The molecule has 0 aliphatic carbocycles. The third-order valence-corrected chi connectivity index (χ3v) is 4.73. The molecule has 0 bridgehead atoms. The molecular weight excluding hydrogens is 290 g/mol. The van der Waals surface area contributed by atoms with Crippen LogP contribution in [0.4, 0.5) is 11.4 Å². The quantitative estimate of drug-likeness (QED) is 0.668. The average Bonchev–Trinajstić information content (AvgIpc) is 3.00. The second-order valence-corrected chi connectivity index (χ2v) is 6.10. The van der Waals surface area contributed by atoms with E-state index >= 15 is 0 Å². The normalized spacial score (nSPS) is 17.5. The standard InChI is InChI=1S/C14H19N3O3S/c1-3-15-12-5-4-10(8-13(12)17(19)20)14(18)16(2)11-6-7-21-9-11/h4-5,8,11,15H,3,6-7,9H2,1-2H3. The summed E-state index contributed by atoms with van der Waals surface area (Å²) < 4.78 is 0. The minimum absolute atomic E-state index is 0.0584. The Kier molecular flexibility index (Phi) is 5.06. The average molecular weight is 309 g/mol. The maximum absolute atomic E-state index is 12.4. The number of nitro benzene ring substituents is 1. The molecule has 0 spiro atoms. The van der Waals surface area contributed by atoms with Gasteiger partial charge in [-0.05, 0) is 31.2 Å². The lowest BCUT2D eigenvalue weighted by Crippen LogP contribution is -2.37. The van der Waals surface area contributed by atoms with E-state index in [-0.39, 0.29) is 17.6 Å². The van der Waals surface area contributed by atoms with Crippen LogP contribution in [0.15, 0.2) is 18.2 Å². The maximum Gasteiger partial charge on any atom is 0.293 e. The molecule has 6 nitrogen and oxygen atoms in total. The molecule has 1 aliphatic rings. The van der Waals surface area contributed by atoms with Crippen molar-refractivity contribution in [2.75, 3.05) is 30.4 Å². The van der Waals surface area contributed by atoms with Crippen LogP contribution in [0, 0.1) is 10.1 Å². The van der Waals surface area contributed by atoms with Crippen LogP contribution < -0.4 is 5.32 Å². The highest BCUT2D eigenvalue weighted by atomic mass is 32.2. The molecule has 1 aliphatic heterocycles. The summed E-state index contributed by atoms with van der Waals surface area (Å²) in [5.41, 5.74) is 0.748. The van der Waals surface area contributed by atoms with E-state index < -0.39 is 4.92 Å².